The standard InChI is InChI=1S/C13H10F2N2O/c1-6-3-9(7(2)18-6)13-16-11-5-8(14)4-10(15)12(11)17-13/h3-5H,1-2H3,(H,16,17). The molecule has 0 bridgehead atoms. The number of aryl methyl sites for hydroxylation is 2. The molecule has 5 heteroatoms. The summed E-state index contributed by atoms with van der Waals surface area (Å²) in [7, 11) is 0. The van der Waals surface area contributed by atoms with E-state index in [1.165, 1.54) is 6.07 Å². The second-order valence-electron chi connectivity index (χ2n) is 4.20. The highest BCUT2D eigenvalue weighted by Crippen LogP contribution is 2.27. The molecule has 0 aliphatic carbocycles. The molecule has 0 spiro atoms. The SMILES string of the molecule is Cc1cc(-c2nc3c(F)cc(F)cc3[nH]2)c(C)o1. The zero-order valence-corrected chi connectivity index (χ0v) is 9.84. The first-order chi connectivity index (χ1) is 8.54. The van der Waals surface area contributed by atoms with E-state index in [9.17, 15) is 8.78 Å². The van der Waals surface area contributed by atoms with Gasteiger partial charge >= 0.3 is 0 Å². The summed E-state index contributed by atoms with van der Waals surface area (Å²) in [6.45, 7) is 3.62. The number of hydrogen-bond donors (Lipinski definition) is 1. The summed E-state index contributed by atoms with van der Waals surface area (Å²) in [5.41, 5.74) is 1.22. The van der Waals surface area contributed by atoms with Crippen molar-refractivity contribution in [1.29, 1.82) is 0 Å². The fourth-order valence-electron chi connectivity index (χ4n) is 2.04. The molecule has 0 unspecified atom stereocenters. The third-order valence-corrected chi connectivity index (χ3v) is 2.80. The molecule has 92 valence electrons. The molecule has 1 aromatic carbocycles. The first kappa shape index (κ1) is 11.0. The lowest BCUT2D eigenvalue weighted by Gasteiger charge is -1.90. The van der Waals surface area contributed by atoms with Crippen molar-refractivity contribution in [3.05, 3.63) is 41.4 Å². The summed E-state index contributed by atoms with van der Waals surface area (Å²) in [5.74, 6) is 0.603. The van der Waals surface area contributed by atoms with Crippen molar-refractivity contribution in [3.8, 4) is 11.4 Å². The third-order valence-electron chi connectivity index (χ3n) is 2.80. The first-order valence-electron chi connectivity index (χ1n) is 5.47. The maximum absolute atomic E-state index is 13.5. The molecule has 2 heterocycles. The minimum Gasteiger partial charge on any atom is -0.466 e. The summed E-state index contributed by atoms with van der Waals surface area (Å²) >= 11 is 0. The van der Waals surface area contributed by atoms with Crippen LogP contribution in [-0.4, -0.2) is 9.97 Å². The van der Waals surface area contributed by atoms with Crippen LogP contribution >= 0.6 is 0 Å². The van der Waals surface area contributed by atoms with E-state index >= 15 is 0 Å². The van der Waals surface area contributed by atoms with Gasteiger partial charge in [-0.2, -0.15) is 0 Å². The molecular formula is C13H10F2N2O. The Morgan fingerprint density at radius 2 is 1.94 bits per heavy atom. The summed E-state index contributed by atoms with van der Waals surface area (Å²) in [6.07, 6.45) is 0. The molecule has 3 aromatic rings. The van der Waals surface area contributed by atoms with Crippen molar-refractivity contribution >= 4 is 11.0 Å². The van der Waals surface area contributed by atoms with Gasteiger partial charge in [-0.15, -0.1) is 0 Å². The fraction of sp³-hybridized carbons (Fsp3) is 0.154. The second-order valence-corrected chi connectivity index (χ2v) is 4.20. The molecule has 0 amide bonds. The number of halogens is 2. The summed E-state index contributed by atoms with van der Waals surface area (Å²) in [6, 6.07) is 3.85. The second kappa shape index (κ2) is 3.66. The van der Waals surface area contributed by atoms with Crippen LogP contribution in [0.2, 0.25) is 0 Å². The van der Waals surface area contributed by atoms with Gasteiger partial charge in [-0.3, -0.25) is 0 Å². The molecule has 18 heavy (non-hydrogen) atoms. The molecule has 3 rings (SSSR count). The fourth-order valence-corrected chi connectivity index (χ4v) is 2.04. The van der Waals surface area contributed by atoms with E-state index in [1.807, 2.05) is 6.92 Å². The van der Waals surface area contributed by atoms with Gasteiger partial charge in [0.25, 0.3) is 0 Å². The first-order valence-corrected chi connectivity index (χ1v) is 5.47. The van der Waals surface area contributed by atoms with Crippen LogP contribution in [0, 0.1) is 25.5 Å². The number of imidazole rings is 1. The van der Waals surface area contributed by atoms with Crippen molar-refractivity contribution in [2.24, 2.45) is 0 Å². The number of fused-ring (bicyclic) bond motifs is 1. The van der Waals surface area contributed by atoms with E-state index in [-0.39, 0.29) is 5.52 Å². The Bertz CT molecular complexity index is 743. The Labute approximate surface area is 101 Å². The van der Waals surface area contributed by atoms with Crippen LogP contribution in [0.25, 0.3) is 22.4 Å². The highest BCUT2D eigenvalue weighted by Gasteiger charge is 2.14. The molecule has 2 aromatic heterocycles. The van der Waals surface area contributed by atoms with Crippen molar-refractivity contribution in [3.63, 3.8) is 0 Å². The van der Waals surface area contributed by atoms with Gasteiger partial charge in [-0.1, -0.05) is 0 Å². The van der Waals surface area contributed by atoms with Gasteiger partial charge in [-0.05, 0) is 26.0 Å². The largest absolute Gasteiger partial charge is 0.466 e. The molecule has 0 atom stereocenters. The molecule has 0 fully saturated rings. The quantitative estimate of drug-likeness (QED) is 0.713. The van der Waals surface area contributed by atoms with Gasteiger partial charge in [0.15, 0.2) is 5.82 Å². The van der Waals surface area contributed by atoms with Gasteiger partial charge in [-0.25, -0.2) is 13.8 Å². The molecular weight excluding hydrogens is 238 g/mol. The van der Waals surface area contributed by atoms with Crippen LogP contribution in [-0.2, 0) is 0 Å². The van der Waals surface area contributed by atoms with Crippen LogP contribution in [0.5, 0.6) is 0 Å². The number of hydrogen-bond acceptors (Lipinski definition) is 2. The van der Waals surface area contributed by atoms with Crippen molar-refractivity contribution in [2.45, 2.75) is 13.8 Å². The number of benzene rings is 1. The number of rotatable bonds is 1. The molecule has 0 aliphatic rings. The van der Waals surface area contributed by atoms with Gasteiger partial charge in [0.05, 0.1) is 11.1 Å². The molecule has 1 N–H and O–H groups in total. The van der Waals surface area contributed by atoms with Crippen LogP contribution in [0.3, 0.4) is 0 Å². The number of aromatic nitrogens is 2. The summed E-state index contributed by atoms with van der Waals surface area (Å²) < 4.78 is 32.0. The van der Waals surface area contributed by atoms with Crippen molar-refractivity contribution in [1.82, 2.24) is 9.97 Å². The van der Waals surface area contributed by atoms with Crippen molar-refractivity contribution < 1.29 is 13.2 Å². The average molecular weight is 248 g/mol. The van der Waals surface area contributed by atoms with Crippen LogP contribution in [0.15, 0.2) is 22.6 Å². The smallest absolute Gasteiger partial charge is 0.153 e. The highest BCUT2D eigenvalue weighted by atomic mass is 19.1. The molecule has 3 nitrogen and oxygen atoms in total. The van der Waals surface area contributed by atoms with Crippen LogP contribution in [0.1, 0.15) is 11.5 Å². The van der Waals surface area contributed by atoms with Gasteiger partial charge in [0.2, 0.25) is 0 Å². The number of nitrogens with one attached hydrogen (secondary N) is 1. The molecule has 0 radical (unpaired) electrons. The number of H-pyrrole nitrogens is 1. The van der Waals surface area contributed by atoms with Crippen molar-refractivity contribution in [2.75, 3.05) is 0 Å². The number of furan rings is 1. The maximum Gasteiger partial charge on any atom is 0.153 e. The van der Waals surface area contributed by atoms with E-state index in [0.29, 0.717) is 17.1 Å². The minimum atomic E-state index is -0.676. The maximum atomic E-state index is 13.5. The third kappa shape index (κ3) is 1.59. The van der Waals surface area contributed by atoms with E-state index in [4.69, 9.17) is 4.42 Å². The predicted octanol–water partition coefficient (Wildman–Crippen LogP) is 3.72. The molecule has 0 saturated heterocycles. The van der Waals surface area contributed by atoms with Crippen LogP contribution in [0.4, 0.5) is 8.78 Å². The normalized spacial score (nSPS) is 11.3. The Balaban J connectivity index is 2.25. The topological polar surface area (TPSA) is 41.8 Å². The average Bonchev–Trinajstić information content (AvgIpc) is 2.81. The Morgan fingerprint density at radius 1 is 1.17 bits per heavy atom. The van der Waals surface area contributed by atoms with E-state index in [1.54, 1.807) is 13.0 Å². The van der Waals surface area contributed by atoms with E-state index in [2.05, 4.69) is 9.97 Å². The number of aromatic amines is 1. The predicted molar refractivity (Wildman–Crippen MR) is 63.2 cm³/mol. The Hall–Kier alpha value is -2.17. The molecule has 0 saturated carbocycles. The zero-order chi connectivity index (χ0) is 12.9. The van der Waals surface area contributed by atoms with Gasteiger partial charge < -0.3 is 9.40 Å². The Kier molecular flexibility index (Phi) is 2.23. The Morgan fingerprint density at radius 3 is 2.61 bits per heavy atom. The summed E-state index contributed by atoms with van der Waals surface area (Å²) in [4.78, 5) is 7.04. The lowest BCUT2D eigenvalue weighted by atomic mass is 10.2. The number of nitrogens with zero attached hydrogens (tertiary/aromatic N) is 1. The highest BCUT2D eigenvalue weighted by molar-refractivity contribution is 5.80. The lowest BCUT2D eigenvalue weighted by Crippen LogP contribution is -1.81. The lowest BCUT2D eigenvalue weighted by molar-refractivity contribution is 0.505. The van der Waals surface area contributed by atoms with E-state index < -0.39 is 11.6 Å². The zero-order valence-electron chi connectivity index (χ0n) is 9.84. The van der Waals surface area contributed by atoms with Crippen LogP contribution < -0.4 is 0 Å². The van der Waals surface area contributed by atoms with E-state index in [0.717, 1.165) is 17.4 Å². The van der Waals surface area contributed by atoms with Gasteiger partial charge in [0.1, 0.15) is 28.7 Å². The molecule has 0 aliphatic heterocycles. The van der Waals surface area contributed by atoms with Gasteiger partial charge in [0, 0.05) is 6.07 Å². The summed E-state index contributed by atoms with van der Waals surface area (Å²) in [5, 5.41) is 0. The minimum absolute atomic E-state index is 0.129. The monoisotopic (exact) mass is 248 g/mol.